The first-order chi connectivity index (χ1) is 55.8. The molecule has 0 spiro atoms. The maximum Gasteiger partial charge on any atom is 0.494 e. The normalized spacial score (nSPS) is 13.9. The van der Waals surface area contributed by atoms with Crippen LogP contribution < -0.4 is 14.9 Å². The third kappa shape index (κ3) is 14.5. The summed E-state index contributed by atoms with van der Waals surface area (Å²) in [6, 6.07) is 125. The molecular weight excluding hydrogens is 1430 g/mol. The summed E-state index contributed by atoms with van der Waals surface area (Å²) < 4.78 is 26.0. The van der Waals surface area contributed by atoms with Crippen LogP contribution in [0.25, 0.3) is 84.0 Å². The van der Waals surface area contributed by atoms with Crippen molar-refractivity contribution in [3.8, 4) is 108 Å². The maximum absolute atomic E-state index is 8.95. The molecule has 0 aliphatic carbocycles. The fourth-order valence-electron chi connectivity index (χ4n) is 15.4. The molecule has 549 valence electrons. The predicted octanol–water partition coefficient (Wildman–Crippen LogP) is 23.1. The first-order valence-electron chi connectivity index (χ1n) is 37.7. The first kappa shape index (κ1) is 75.1. The second-order valence-electron chi connectivity index (χ2n) is 29.0. The van der Waals surface area contributed by atoms with Crippen molar-refractivity contribution in [3.63, 3.8) is 0 Å². The van der Waals surface area contributed by atoms with Crippen molar-refractivity contribution in [2.24, 2.45) is 0 Å². The molecule has 15 heteroatoms. The van der Waals surface area contributed by atoms with Crippen LogP contribution in [0, 0.1) is 17.9 Å². The molecule has 115 heavy (non-hydrogen) atoms. The molecule has 0 N–H and O–H groups in total. The van der Waals surface area contributed by atoms with Gasteiger partial charge in [0.1, 0.15) is 23.0 Å². The average molecular weight is 1510 g/mol. The van der Waals surface area contributed by atoms with Gasteiger partial charge in [0.2, 0.25) is 5.28 Å². The van der Waals surface area contributed by atoms with Crippen LogP contribution in [-0.4, -0.2) is 56.6 Å². The van der Waals surface area contributed by atoms with Gasteiger partial charge in [-0.1, -0.05) is 315 Å². The SMILES string of the molecule is CC1(C)OB(c2ccc3c(c2)Oc2ccccc2C3(c2ccccc2)c2ccccc2)OC1(C)C.N#Cc1ccc(-c2cccc(-c3nc(Cl)nc(-c4ccccc4)n3)c2)cc1.[B].[C-]#[N+]c1ccc(-c2cccc(-c3nc(-c4ccccc4)nc(-c4ccc5c(c4)Oc4ccccc4C5(c4ccccc4)c4ccccc4)n3)c2)cc1. The zero-order valence-electron chi connectivity index (χ0n) is 63.4. The fourth-order valence-corrected chi connectivity index (χ4v) is 15.5. The highest BCUT2D eigenvalue weighted by Gasteiger charge is 2.53. The van der Waals surface area contributed by atoms with Gasteiger partial charge in [0.15, 0.2) is 34.8 Å². The second kappa shape index (κ2) is 32.0. The smallest absolute Gasteiger partial charge is 0.457 e. The number of nitriles is 1. The number of halogens is 1. The van der Waals surface area contributed by atoms with Gasteiger partial charge in [-0.2, -0.15) is 15.2 Å². The summed E-state index contributed by atoms with van der Waals surface area (Å²) in [5, 5.41) is 9.11. The van der Waals surface area contributed by atoms with Crippen LogP contribution in [0.4, 0.5) is 5.69 Å². The Morgan fingerprint density at radius 2 is 0.643 bits per heavy atom. The van der Waals surface area contributed by atoms with Crippen molar-refractivity contribution in [3.05, 3.63) is 431 Å². The summed E-state index contributed by atoms with van der Waals surface area (Å²) in [4.78, 5) is 31.8. The van der Waals surface area contributed by atoms with E-state index in [1.54, 1.807) is 12.1 Å². The molecule has 1 fully saturated rings. The van der Waals surface area contributed by atoms with E-state index in [4.69, 9.17) is 57.2 Å². The van der Waals surface area contributed by atoms with Crippen LogP contribution in [0.15, 0.2) is 364 Å². The third-order valence-corrected chi connectivity index (χ3v) is 21.8. The van der Waals surface area contributed by atoms with Crippen molar-refractivity contribution >= 4 is 38.3 Å². The summed E-state index contributed by atoms with van der Waals surface area (Å²) in [5.74, 6) is 5.99. The van der Waals surface area contributed by atoms with Gasteiger partial charge < -0.3 is 18.8 Å². The number of hydrogen-bond donors (Lipinski definition) is 0. The van der Waals surface area contributed by atoms with E-state index >= 15 is 0 Å². The molecule has 0 bridgehead atoms. The van der Waals surface area contributed by atoms with Gasteiger partial charge in [-0.25, -0.2) is 24.8 Å². The Labute approximate surface area is 676 Å². The van der Waals surface area contributed by atoms with Gasteiger partial charge in [0.05, 0.1) is 40.2 Å². The van der Waals surface area contributed by atoms with E-state index in [0.29, 0.717) is 40.4 Å². The lowest BCUT2D eigenvalue weighted by atomic mass is 9.63. The van der Waals surface area contributed by atoms with Gasteiger partial charge in [0.25, 0.3) is 0 Å². The number of benzene rings is 14. The van der Waals surface area contributed by atoms with E-state index < -0.39 is 29.2 Å². The van der Waals surface area contributed by atoms with Crippen molar-refractivity contribution in [2.75, 3.05) is 0 Å². The Balaban J connectivity index is 0.000000137. The average Bonchev–Trinajstić information content (AvgIpc) is 0.984. The molecule has 2 aromatic heterocycles. The van der Waals surface area contributed by atoms with Crippen molar-refractivity contribution in [1.29, 1.82) is 5.26 Å². The summed E-state index contributed by atoms with van der Waals surface area (Å²) in [7, 11) is -0.450. The monoisotopic (exact) mass is 1510 g/mol. The van der Waals surface area contributed by atoms with E-state index in [2.05, 4.69) is 254 Å². The van der Waals surface area contributed by atoms with Crippen LogP contribution >= 0.6 is 11.6 Å². The molecule has 0 unspecified atom stereocenters. The molecule has 5 heterocycles. The van der Waals surface area contributed by atoms with Crippen molar-refractivity contribution in [2.45, 2.75) is 49.7 Å². The summed E-state index contributed by atoms with van der Waals surface area (Å²) >= 11 is 6.15. The lowest BCUT2D eigenvalue weighted by Crippen LogP contribution is -2.41. The van der Waals surface area contributed by atoms with E-state index in [1.807, 2.05) is 152 Å². The molecule has 16 aromatic rings. The van der Waals surface area contributed by atoms with Crippen molar-refractivity contribution < 1.29 is 18.8 Å². The lowest BCUT2D eigenvalue weighted by Gasteiger charge is -2.41. The van der Waals surface area contributed by atoms with Gasteiger partial charge >= 0.3 is 7.12 Å². The van der Waals surface area contributed by atoms with E-state index in [-0.39, 0.29) is 13.7 Å². The molecule has 0 atom stereocenters. The van der Waals surface area contributed by atoms with Crippen molar-refractivity contribution in [1.82, 2.24) is 29.9 Å². The number of nitrogens with zero attached hydrogens (tertiary/aromatic N) is 8. The zero-order chi connectivity index (χ0) is 77.8. The second-order valence-corrected chi connectivity index (χ2v) is 29.4. The molecule has 19 rings (SSSR count). The first-order valence-corrected chi connectivity index (χ1v) is 38.0. The minimum atomic E-state index is -0.613. The number of para-hydroxylation sites is 2. The Morgan fingerprint density at radius 1 is 0.322 bits per heavy atom. The van der Waals surface area contributed by atoms with E-state index in [1.165, 1.54) is 11.1 Å². The van der Waals surface area contributed by atoms with Crippen LogP contribution in [0.5, 0.6) is 23.0 Å². The van der Waals surface area contributed by atoms with Crippen LogP contribution in [0.1, 0.15) is 77.8 Å². The number of rotatable bonds is 12. The van der Waals surface area contributed by atoms with E-state index in [9.17, 15) is 0 Å². The largest absolute Gasteiger partial charge is 0.494 e. The van der Waals surface area contributed by atoms with E-state index in [0.717, 1.165) is 112 Å². The Hall–Kier alpha value is -14.0. The zero-order valence-corrected chi connectivity index (χ0v) is 64.1. The van der Waals surface area contributed by atoms with Crippen LogP contribution in [0.2, 0.25) is 5.28 Å². The van der Waals surface area contributed by atoms with Gasteiger partial charge in [-0.15, -0.1) is 0 Å². The molecule has 14 aromatic carbocycles. The van der Waals surface area contributed by atoms with Crippen LogP contribution in [0.3, 0.4) is 0 Å². The maximum atomic E-state index is 8.95. The van der Waals surface area contributed by atoms with Gasteiger partial charge in [-0.05, 0) is 138 Å². The fraction of sp³-hybridized carbons (Fsp3) is 0.0800. The lowest BCUT2D eigenvalue weighted by molar-refractivity contribution is 0.00578. The molecule has 3 radical (unpaired) electrons. The molecule has 0 saturated carbocycles. The summed E-state index contributed by atoms with van der Waals surface area (Å²) in [5.41, 5.74) is 17.7. The van der Waals surface area contributed by atoms with Crippen LogP contribution in [-0.2, 0) is 20.1 Å². The minimum Gasteiger partial charge on any atom is -0.457 e. The highest BCUT2D eigenvalue weighted by molar-refractivity contribution is 6.62. The highest BCUT2D eigenvalue weighted by atomic mass is 35.5. The standard InChI is InChI=1S/C47H30N4O.C31H29BO3.C22H13ClN4.B/c1-48-39-27-24-32(25-28-39)34-16-13-17-35(30-34)45-49-44(33-14-5-2-6-15-33)50-46(51-45)36-26-29-41-43(31-36)52-42-23-12-11-22-40(42)47(41,37-18-7-3-8-19-37)38-20-9-4-10-21-38;1-29(2)30(3,4)35-32(34-29)24-19-20-26-28(21-24)33-27-18-12-11-17-25(27)31(26,22-13-7-5-8-14-22)23-15-9-6-10-16-23;23-22-26-20(17-5-2-1-3-6-17)25-21(27-22)19-8-4-7-18(13-19)16-11-9-15(14-24)10-12-16;/h2-31H;5-21H,1-4H3;1-13H;. The quantitative estimate of drug-likeness (QED) is 0.0852. The van der Waals surface area contributed by atoms with Gasteiger partial charge in [0, 0.05) is 58.5 Å². The molecule has 3 aliphatic rings. The molecule has 3 aliphatic heterocycles. The number of fused-ring (bicyclic) bond motifs is 4. The number of hydrogen-bond acceptors (Lipinski definition) is 11. The summed E-state index contributed by atoms with van der Waals surface area (Å²) in [6.45, 7) is 15.6. The molecule has 1 saturated heterocycles. The highest BCUT2D eigenvalue weighted by Crippen LogP contribution is 2.57. The van der Waals surface area contributed by atoms with Gasteiger partial charge in [-0.3, -0.25) is 0 Å². The Morgan fingerprint density at radius 3 is 1.07 bits per heavy atom. The molecule has 12 nitrogen and oxygen atoms in total. The molecule has 0 amide bonds. The topological polar surface area (TPSA) is 142 Å². The number of aromatic nitrogens is 6. The Bertz CT molecular complexity index is 6200. The minimum absolute atomic E-state index is 0. The molecular formula is C100H72B2ClN8O4. The predicted molar refractivity (Wildman–Crippen MR) is 458 cm³/mol. The number of ether oxygens (including phenoxy) is 2. The summed E-state index contributed by atoms with van der Waals surface area (Å²) in [6.07, 6.45) is 0. The third-order valence-electron chi connectivity index (χ3n) is 21.7. The Kier molecular flexibility index (Phi) is 20.9.